The van der Waals surface area contributed by atoms with Gasteiger partial charge in [-0.15, -0.1) is 0 Å². The fourth-order valence-electron chi connectivity index (χ4n) is 3.85. The molecule has 1 saturated heterocycles. The quantitative estimate of drug-likeness (QED) is 0.349. The van der Waals surface area contributed by atoms with E-state index in [1.165, 1.54) is 36.3 Å². The number of imidazole rings is 1. The van der Waals surface area contributed by atoms with Crippen molar-refractivity contribution in [3.8, 4) is 5.75 Å². The summed E-state index contributed by atoms with van der Waals surface area (Å²) in [4.78, 5) is 31.3. The molecule has 0 aliphatic carbocycles. The van der Waals surface area contributed by atoms with E-state index in [9.17, 15) is 19.1 Å². The molecule has 164 valence electrons. The number of halogens is 1. The highest BCUT2D eigenvalue weighted by Gasteiger charge is 2.45. The van der Waals surface area contributed by atoms with Crippen LogP contribution in [-0.2, 0) is 16.1 Å². The van der Waals surface area contributed by atoms with Crippen LogP contribution in [0, 0.1) is 5.82 Å². The van der Waals surface area contributed by atoms with E-state index in [1.807, 2.05) is 10.8 Å². The van der Waals surface area contributed by atoms with Crippen LogP contribution in [0.4, 0.5) is 4.39 Å². The number of benzene rings is 2. The molecular weight excluding hydrogens is 413 g/mol. The van der Waals surface area contributed by atoms with Crippen LogP contribution >= 0.6 is 0 Å². The molecule has 0 radical (unpaired) electrons. The first-order valence-electron chi connectivity index (χ1n) is 10.1. The summed E-state index contributed by atoms with van der Waals surface area (Å²) in [7, 11) is 1.53. The predicted octanol–water partition coefficient (Wildman–Crippen LogP) is 3.54. The van der Waals surface area contributed by atoms with Gasteiger partial charge in [0.25, 0.3) is 11.7 Å². The van der Waals surface area contributed by atoms with E-state index >= 15 is 0 Å². The van der Waals surface area contributed by atoms with Crippen molar-refractivity contribution in [2.24, 2.45) is 0 Å². The van der Waals surface area contributed by atoms with Crippen LogP contribution in [-0.4, -0.2) is 44.9 Å². The Morgan fingerprint density at radius 1 is 1.09 bits per heavy atom. The minimum Gasteiger partial charge on any atom is -0.507 e. The fourth-order valence-corrected chi connectivity index (χ4v) is 3.85. The Hall–Kier alpha value is -3.94. The fraction of sp³-hybridized carbons (Fsp3) is 0.208. The van der Waals surface area contributed by atoms with E-state index in [0.29, 0.717) is 29.8 Å². The standard InChI is InChI=1S/C24H22FN3O4/c1-32-19-9-5-17(6-10-19)22(29)20-21(16-3-7-18(25)8-4-16)28(24(31)23(20)30)13-2-12-27-14-11-26-15-27/h3-11,14-15,21,29H,2,12-13H2,1H3. The van der Waals surface area contributed by atoms with Crippen molar-refractivity contribution in [2.45, 2.75) is 19.0 Å². The minimum atomic E-state index is -0.819. The van der Waals surface area contributed by atoms with Crippen LogP contribution in [0.25, 0.3) is 5.76 Å². The molecule has 0 spiro atoms. The van der Waals surface area contributed by atoms with E-state index < -0.39 is 23.5 Å². The Labute approximate surface area is 184 Å². The molecule has 7 nitrogen and oxygen atoms in total. The van der Waals surface area contributed by atoms with Crippen molar-refractivity contribution in [1.82, 2.24) is 14.5 Å². The molecule has 1 amide bonds. The summed E-state index contributed by atoms with van der Waals surface area (Å²) >= 11 is 0. The normalized spacial score (nSPS) is 17.7. The van der Waals surface area contributed by atoms with Gasteiger partial charge in [-0.05, 0) is 48.4 Å². The van der Waals surface area contributed by atoms with Gasteiger partial charge in [-0.1, -0.05) is 12.1 Å². The number of aryl methyl sites for hydroxylation is 1. The van der Waals surface area contributed by atoms with Crippen LogP contribution in [0.1, 0.15) is 23.6 Å². The first-order chi connectivity index (χ1) is 15.5. The van der Waals surface area contributed by atoms with Gasteiger partial charge in [0.05, 0.1) is 25.1 Å². The molecular formula is C24H22FN3O4. The maximum Gasteiger partial charge on any atom is 0.295 e. The number of methoxy groups -OCH3 is 1. The molecule has 1 aromatic heterocycles. The van der Waals surface area contributed by atoms with Crippen LogP contribution in [0.2, 0.25) is 0 Å². The monoisotopic (exact) mass is 435 g/mol. The number of nitrogens with zero attached hydrogens (tertiary/aromatic N) is 3. The predicted molar refractivity (Wildman–Crippen MR) is 115 cm³/mol. The summed E-state index contributed by atoms with van der Waals surface area (Å²) in [5.41, 5.74) is 0.909. The molecule has 32 heavy (non-hydrogen) atoms. The summed E-state index contributed by atoms with van der Waals surface area (Å²) < 4.78 is 20.6. The van der Waals surface area contributed by atoms with E-state index in [4.69, 9.17) is 4.74 Å². The number of ether oxygens (including phenoxy) is 1. The summed E-state index contributed by atoms with van der Waals surface area (Å²) in [5, 5.41) is 11.0. The van der Waals surface area contributed by atoms with Crippen molar-refractivity contribution in [2.75, 3.05) is 13.7 Å². The lowest BCUT2D eigenvalue weighted by molar-refractivity contribution is -0.139. The number of amides is 1. The molecule has 0 bridgehead atoms. The molecule has 1 unspecified atom stereocenters. The molecule has 8 heteroatoms. The van der Waals surface area contributed by atoms with Crippen molar-refractivity contribution in [3.05, 3.63) is 89.8 Å². The van der Waals surface area contributed by atoms with E-state index in [0.717, 1.165) is 0 Å². The third-order valence-corrected chi connectivity index (χ3v) is 5.46. The first-order valence-corrected chi connectivity index (χ1v) is 10.1. The smallest absolute Gasteiger partial charge is 0.295 e. The SMILES string of the molecule is COc1ccc(C(O)=C2C(=O)C(=O)N(CCCn3ccnc3)C2c2ccc(F)cc2)cc1. The van der Waals surface area contributed by atoms with Crippen LogP contribution < -0.4 is 4.74 Å². The van der Waals surface area contributed by atoms with Gasteiger partial charge in [0.15, 0.2) is 0 Å². The molecule has 0 saturated carbocycles. The summed E-state index contributed by atoms with van der Waals surface area (Å²) in [5.74, 6) is -1.58. The van der Waals surface area contributed by atoms with E-state index in [-0.39, 0.29) is 17.9 Å². The van der Waals surface area contributed by atoms with Crippen molar-refractivity contribution in [3.63, 3.8) is 0 Å². The van der Waals surface area contributed by atoms with E-state index in [1.54, 1.807) is 36.8 Å². The molecule has 2 heterocycles. The van der Waals surface area contributed by atoms with Crippen molar-refractivity contribution >= 4 is 17.4 Å². The Morgan fingerprint density at radius 3 is 2.44 bits per heavy atom. The van der Waals surface area contributed by atoms with Gasteiger partial charge in [-0.2, -0.15) is 0 Å². The minimum absolute atomic E-state index is 0.0191. The van der Waals surface area contributed by atoms with Gasteiger partial charge in [0.1, 0.15) is 17.3 Å². The largest absolute Gasteiger partial charge is 0.507 e. The van der Waals surface area contributed by atoms with Gasteiger partial charge in [-0.3, -0.25) is 9.59 Å². The highest BCUT2D eigenvalue weighted by atomic mass is 19.1. The average Bonchev–Trinajstić information content (AvgIpc) is 3.41. The number of Topliss-reactive ketones (excluding diaryl/α,β-unsaturated/α-hetero) is 1. The topological polar surface area (TPSA) is 84.7 Å². The molecule has 1 aliphatic heterocycles. The zero-order valence-corrected chi connectivity index (χ0v) is 17.4. The number of carbonyl (C=O) groups is 2. The first kappa shape index (κ1) is 21.3. The lowest BCUT2D eigenvalue weighted by Crippen LogP contribution is -2.31. The van der Waals surface area contributed by atoms with Crippen LogP contribution in [0.3, 0.4) is 0 Å². The number of carbonyl (C=O) groups excluding carboxylic acids is 2. The molecule has 2 aromatic carbocycles. The zero-order valence-electron chi connectivity index (χ0n) is 17.4. The third-order valence-electron chi connectivity index (χ3n) is 5.46. The zero-order chi connectivity index (χ0) is 22.7. The van der Waals surface area contributed by atoms with E-state index in [2.05, 4.69) is 4.98 Å². The number of aliphatic hydroxyl groups is 1. The van der Waals surface area contributed by atoms with Gasteiger partial charge in [-0.25, -0.2) is 9.37 Å². The Balaban J connectivity index is 1.71. The molecule has 1 aliphatic rings. The van der Waals surface area contributed by atoms with Gasteiger partial charge < -0.3 is 19.3 Å². The number of hydrogen-bond acceptors (Lipinski definition) is 5. The van der Waals surface area contributed by atoms with Crippen molar-refractivity contribution in [1.29, 1.82) is 0 Å². The second kappa shape index (κ2) is 9.05. The van der Waals surface area contributed by atoms with Crippen molar-refractivity contribution < 1.29 is 23.8 Å². The van der Waals surface area contributed by atoms with Crippen LogP contribution in [0.15, 0.2) is 72.8 Å². The average molecular weight is 435 g/mol. The molecule has 1 N–H and O–H groups in total. The molecule has 3 aromatic rings. The summed E-state index contributed by atoms with van der Waals surface area (Å²) in [6.07, 6.45) is 5.73. The number of hydrogen-bond donors (Lipinski definition) is 1. The maximum atomic E-state index is 13.5. The second-order valence-electron chi connectivity index (χ2n) is 7.43. The number of rotatable bonds is 7. The lowest BCUT2D eigenvalue weighted by Gasteiger charge is -2.25. The molecule has 1 atom stereocenters. The second-order valence-corrected chi connectivity index (χ2v) is 7.43. The number of aromatic nitrogens is 2. The summed E-state index contributed by atoms with van der Waals surface area (Å²) in [6, 6.07) is 11.3. The number of ketones is 1. The van der Waals surface area contributed by atoms with Gasteiger partial charge in [0.2, 0.25) is 0 Å². The van der Waals surface area contributed by atoms with Crippen LogP contribution in [0.5, 0.6) is 5.75 Å². The number of aliphatic hydroxyl groups excluding tert-OH is 1. The maximum absolute atomic E-state index is 13.5. The summed E-state index contributed by atoms with van der Waals surface area (Å²) in [6.45, 7) is 0.891. The third kappa shape index (κ3) is 4.12. The van der Waals surface area contributed by atoms with Gasteiger partial charge in [0, 0.05) is 31.0 Å². The molecule has 1 fully saturated rings. The Bertz CT molecular complexity index is 1140. The Morgan fingerprint density at radius 2 is 1.81 bits per heavy atom. The highest BCUT2D eigenvalue weighted by molar-refractivity contribution is 6.46. The lowest BCUT2D eigenvalue weighted by atomic mass is 9.95. The number of likely N-dealkylation sites (tertiary alicyclic amines) is 1. The highest BCUT2D eigenvalue weighted by Crippen LogP contribution is 2.39. The Kier molecular flexibility index (Phi) is 6.02. The molecule has 4 rings (SSSR count). The van der Waals surface area contributed by atoms with Gasteiger partial charge >= 0.3 is 0 Å².